The van der Waals surface area contributed by atoms with E-state index in [0.717, 1.165) is 22.6 Å². The maximum Gasteiger partial charge on any atom is 0.257 e. The van der Waals surface area contributed by atoms with Crippen molar-refractivity contribution in [2.75, 3.05) is 10.6 Å². The van der Waals surface area contributed by atoms with Crippen LogP contribution in [0.25, 0.3) is 0 Å². The minimum absolute atomic E-state index is 0.179. The maximum atomic E-state index is 12.5. The lowest BCUT2D eigenvalue weighted by Crippen LogP contribution is -2.12. The first-order valence-corrected chi connectivity index (χ1v) is 8.72. The summed E-state index contributed by atoms with van der Waals surface area (Å²) in [5.41, 5.74) is 5.54. The summed E-state index contributed by atoms with van der Waals surface area (Å²) in [4.78, 5) is 16.7. The molecular weight excluding hydrogens is 322 g/mol. The highest BCUT2D eigenvalue weighted by Crippen LogP contribution is 2.30. The van der Waals surface area contributed by atoms with Crippen LogP contribution in [-0.2, 0) is 0 Å². The Kier molecular flexibility index (Phi) is 5.32. The van der Waals surface area contributed by atoms with Crippen molar-refractivity contribution >= 4 is 23.0 Å². The molecular formula is C22H23N3O. The van der Waals surface area contributed by atoms with E-state index in [4.69, 9.17) is 0 Å². The zero-order valence-corrected chi connectivity index (χ0v) is 15.3. The molecule has 4 nitrogen and oxygen atoms in total. The van der Waals surface area contributed by atoms with Crippen LogP contribution >= 0.6 is 0 Å². The third-order valence-electron chi connectivity index (χ3n) is 4.23. The van der Waals surface area contributed by atoms with Gasteiger partial charge in [-0.2, -0.15) is 0 Å². The van der Waals surface area contributed by atoms with Crippen molar-refractivity contribution in [1.29, 1.82) is 0 Å². The van der Waals surface area contributed by atoms with Crippen LogP contribution in [0.4, 0.5) is 17.1 Å². The Morgan fingerprint density at radius 1 is 0.962 bits per heavy atom. The van der Waals surface area contributed by atoms with Crippen molar-refractivity contribution < 1.29 is 4.79 Å². The lowest BCUT2D eigenvalue weighted by molar-refractivity contribution is 0.102. The lowest BCUT2D eigenvalue weighted by Gasteiger charge is -2.17. The molecule has 0 aliphatic rings. The second kappa shape index (κ2) is 7.83. The van der Waals surface area contributed by atoms with Crippen LogP contribution in [0.5, 0.6) is 0 Å². The zero-order valence-electron chi connectivity index (χ0n) is 15.3. The molecule has 0 bridgehead atoms. The number of aromatic nitrogens is 1. The summed E-state index contributed by atoms with van der Waals surface area (Å²) < 4.78 is 0. The van der Waals surface area contributed by atoms with E-state index in [9.17, 15) is 4.79 Å². The summed E-state index contributed by atoms with van der Waals surface area (Å²) in [7, 11) is 0. The van der Waals surface area contributed by atoms with Gasteiger partial charge < -0.3 is 10.6 Å². The first-order chi connectivity index (χ1) is 12.5. The van der Waals surface area contributed by atoms with E-state index >= 15 is 0 Å². The normalized spacial score (nSPS) is 10.6. The number of hydrogen-bond acceptors (Lipinski definition) is 3. The number of nitrogens with one attached hydrogen (secondary N) is 2. The smallest absolute Gasteiger partial charge is 0.257 e. The van der Waals surface area contributed by atoms with Gasteiger partial charge in [-0.25, -0.2) is 0 Å². The average Bonchev–Trinajstić information content (AvgIpc) is 2.64. The SMILES string of the molecule is Cc1cccc(C(C)C)c1Nc1cncc(C(=O)Nc2ccccc2)c1. The van der Waals surface area contributed by atoms with Crippen LogP contribution in [0.2, 0.25) is 0 Å². The molecule has 0 aliphatic heterocycles. The van der Waals surface area contributed by atoms with Crippen molar-refractivity contribution in [3.63, 3.8) is 0 Å². The number of pyridine rings is 1. The highest BCUT2D eigenvalue weighted by atomic mass is 16.1. The van der Waals surface area contributed by atoms with E-state index in [1.165, 1.54) is 5.56 Å². The van der Waals surface area contributed by atoms with Gasteiger partial charge in [-0.15, -0.1) is 0 Å². The molecule has 0 atom stereocenters. The Hall–Kier alpha value is -3.14. The fourth-order valence-electron chi connectivity index (χ4n) is 2.84. The fourth-order valence-corrected chi connectivity index (χ4v) is 2.84. The van der Waals surface area contributed by atoms with Crippen LogP contribution in [0.1, 0.15) is 41.3 Å². The molecule has 0 fully saturated rings. The number of carbonyl (C=O) groups excluding carboxylic acids is 1. The number of aryl methyl sites for hydroxylation is 1. The summed E-state index contributed by atoms with van der Waals surface area (Å²) in [6.45, 7) is 6.41. The fraction of sp³-hybridized carbons (Fsp3) is 0.182. The highest BCUT2D eigenvalue weighted by Gasteiger charge is 2.11. The predicted octanol–water partition coefficient (Wildman–Crippen LogP) is 5.51. The summed E-state index contributed by atoms with van der Waals surface area (Å²) in [5, 5.41) is 6.32. The lowest BCUT2D eigenvalue weighted by atomic mass is 9.98. The Morgan fingerprint density at radius 2 is 1.73 bits per heavy atom. The van der Waals surface area contributed by atoms with Crippen LogP contribution < -0.4 is 10.6 Å². The Bertz CT molecular complexity index is 904. The summed E-state index contributed by atoms with van der Waals surface area (Å²) in [6.07, 6.45) is 3.31. The number of benzene rings is 2. The number of para-hydroxylation sites is 2. The van der Waals surface area contributed by atoms with E-state index in [0.29, 0.717) is 11.5 Å². The molecule has 26 heavy (non-hydrogen) atoms. The number of carbonyl (C=O) groups is 1. The van der Waals surface area contributed by atoms with Gasteiger partial charge >= 0.3 is 0 Å². The van der Waals surface area contributed by atoms with Gasteiger partial charge in [0, 0.05) is 17.6 Å². The first kappa shape index (κ1) is 17.7. The van der Waals surface area contributed by atoms with Gasteiger partial charge in [-0.1, -0.05) is 50.2 Å². The van der Waals surface area contributed by atoms with E-state index in [1.807, 2.05) is 36.4 Å². The van der Waals surface area contributed by atoms with Crippen molar-refractivity contribution in [3.05, 3.63) is 83.7 Å². The minimum Gasteiger partial charge on any atom is -0.354 e. The van der Waals surface area contributed by atoms with E-state index < -0.39 is 0 Å². The Morgan fingerprint density at radius 3 is 2.46 bits per heavy atom. The number of amides is 1. The summed E-state index contributed by atoms with van der Waals surface area (Å²) >= 11 is 0. The third-order valence-corrected chi connectivity index (χ3v) is 4.23. The molecule has 0 saturated carbocycles. The van der Waals surface area contributed by atoms with Crippen LogP contribution in [-0.4, -0.2) is 10.9 Å². The van der Waals surface area contributed by atoms with Crippen molar-refractivity contribution in [3.8, 4) is 0 Å². The highest BCUT2D eigenvalue weighted by molar-refractivity contribution is 6.04. The molecule has 0 spiro atoms. The molecule has 1 heterocycles. The van der Waals surface area contributed by atoms with Gasteiger partial charge in [-0.3, -0.25) is 9.78 Å². The van der Waals surface area contributed by atoms with E-state index in [2.05, 4.69) is 54.6 Å². The third kappa shape index (κ3) is 4.09. The van der Waals surface area contributed by atoms with E-state index in [1.54, 1.807) is 12.4 Å². The van der Waals surface area contributed by atoms with Crippen LogP contribution in [0.15, 0.2) is 67.0 Å². The second-order valence-corrected chi connectivity index (χ2v) is 6.60. The monoisotopic (exact) mass is 345 g/mol. The van der Waals surface area contributed by atoms with Crippen molar-refractivity contribution in [2.24, 2.45) is 0 Å². The van der Waals surface area contributed by atoms with Gasteiger partial charge in [0.25, 0.3) is 5.91 Å². The molecule has 0 saturated heterocycles. The van der Waals surface area contributed by atoms with Gasteiger partial charge in [0.2, 0.25) is 0 Å². The maximum absolute atomic E-state index is 12.5. The zero-order chi connectivity index (χ0) is 18.5. The Labute approximate surface area is 154 Å². The predicted molar refractivity (Wildman–Crippen MR) is 107 cm³/mol. The topological polar surface area (TPSA) is 54.0 Å². The number of anilines is 3. The first-order valence-electron chi connectivity index (χ1n) is 8.72. The quantitative estimate of drug-likeness (QED) is 0.641. The molecule has 2 N–H and O–H groups in total. The average molecular weight is 345 g/mol. The van der Waals surface area contributed by atoms with Gasteiger partial charge in [-0.05, 0) is 42.2 Å². The van der Waals surface area contributed by atoms with Crippen LogP contribution in [0, 0.1) is 6.92 Å². The molecule has 0 aliphatic carbocycles. The molecule has 132 valence electrons. The number of rotatable bonds is 5. The largest absolute Gasteiger partial charge is 0.354 e. The molecule has 2 aromatic carbocycles. The number of nitrogens with zero attached hydrogens (tertiary/aromatic N) is 1. The molecule has 3 aromatic rings. The van der Waals surface area contributed by atoms with Crippen molar-refractivity contribution in [1.82, 2.24) is 4.98 Å². The van der Waals surface area contributed by atoms with Crippen molar-refractivity contribution in [2.45, 2.75) is 26.7 Å². The summed E-state index contributed by atoms with van der Waals surface area (Å²) in [5.74, 6) is 0.219. The molecule has 0 unspecified atom stereocenters. The van der Waals surface area contributed by atoms with Crippen LogP contribution in [0.3, 0.4) is 0 Å². The molecule has 4 heteroatoms. The van der Waals surface area contributed by atoms with Gasteiger partial charge in [0.05, 0.1) is 17.4 Å². The standard InChI is InChI=1S/C22H23N3O/c1-15(2)20-11-7-8-16(3)21(20)24-19-12-17(13-23-14-19)22(26)25-18-9-5-4-6-10-18/h4-15,24H,1-3H3,(H,25,26). The molecule has 1 amide bonds. The Balaban J connectivity index is 1.83. The minimum atomic E-state index is -0.179. The molecule has 0 radical (unpaired) electrons. The molecule has 3 rings (SSSR count). The van der Waals surface area contributed by atoms with Gasteiger partial charge in [0.15, 0.2) is 0 Å². The van der Waals surface area contributed by atoms with Gasteiger partial charge in [0.1, 0.15) is 0 Å². The second-order valence-electron chi connectivity index (χ2n) is 6.60. The summed E-state index contributed by atoms with van der Waals surface area (Å²) in [6, 6.07) is 17.5. The number of hydrogen-bond donors (Lipinski definition) is 2. The molecule has 1 aromatic heterocycles. The van der Waals surface area contributed by atoms with E-state index in [-0.39, 0.29) is 5.91 Å².